The van der Waals surface area contributed by atoms with Crippen LogP contribution in [0.15, 0.2) is 42.5 Å². The fourth-order valence-electron chi connectivity index (χ4n) is 5.53. The predicted octanol–water partition coefficient (Wildman–Crippen LogP) is 3.42. The number of rotatable bonds is 9. The van der Waals surface area contributed by atoms with Crippen LogP contribution in [-0.2, 0) is 11.3 Å². The minimum Gasteiger partial charge on any atom is -0.358 e. The molecule has 3 heterocycles. The number of likely N-dealkylation sites (N-methyl/N-ethyl adjacent to an activating group) is 2. The first kappa shape index (κ1) is 30.2. The van der Waals surface area contributed by atoms with Crippen LogP contribution in [0.3, 0.4) is 0 Å². The molecule has 0 bridgehead atoms. The summed E-state index contributed by atoms with van der Waals surface area (Å²) in [6.07, 6.45) is 1.78. The second-order valence-corrected chi connectivity index (χ2v) is 11.7. The normalized spacial score (nSPS) is 16.4. The van der Waals surface area contributed by atoms with Crippen LogP contribution in [0.25, 0.3) is 11.6 Å². The van der Waals surface area contributed by atoms with Crippen molar-refractivity contribution in [2.45, 2.75) is 20.4 Å². The molecule has 3 amide bonds. The molecule has 1 fully saturated rings. The number of amides is 3. The average Bonchev–Trinajstić information content (AvgIpc) is 3.43. The number of aryl methyl sites for hydroxylation is 1. The number of benzene rings is 2. The Bertz CT molecular complexity index is 1550. The lowest BCUT2D eigenvalue weighted by atomic mass is 10.0. The van der Waals surface area contributed by atoms with Gasteiger partial charge in [0.05, 0.1) is 16.8 Å². The Hall–Kier alpha value is -4.25. The Morgan fingerprint density at radius 2 is 1.72 bits per heavy atom. The molecule has 43 heavy (non-hydrogen) atoms. The summed E-state index contributed by atoms with van der Waals surface area (Å²) in [5, 5.41) is 8.82. The van der Waals surface area contributed by atoms with Gasteiger partial charge in [-0.2, -0.15) is 0 Å². The van der Waals surface area contributed by atoms with Gasteiger partial charge in [-0.25, -0.2) is 0 Å². The monoisotopic (exact) mass is 583 g/mol. The maximum atomic E-state index is 13.0. The molecule has 10 nitrogen and oxygen atoms in total. The van der Waals surface area contributed by atoms with E-state index in [9.17, 15) is 14.4 Å². The van der Waals surface area contributed by atoms with Crippen LogP contribution in [0.4, 0.5) is 11.4 Å². The lowest BCUT2D eigenvalue weighted by Crippen LogP contribution is -2.43. The van der Waals surface area contributed by atoms with Crippen molar-refractivity contribution in [3.05, 3.63) is 81.7 Å². The molecule has 0 saturated carbocycles. The number of aromatic amines is 1. The Labute approximate surface area is 253 Å². The molecule has 2 aromatic carbocycles. The van der Waals surface area contributed by atoms with E-state index in [1.807, 2.05) is 63.2 Å². The van der Waals surface area contributed by atoms with E-state index < -0.39 is 0 Å². The fraction of sp³-hybridized carbons (Fsp3) is 0.364. The maximum Gasteiger partial charge on any atom is 0.256 e. The third kappa shape index (κ3) is 7.05. The first-order valence-corrected chi connectivity index (χ1v) is 14.7. The molecular formula is C33H41N7O3. The summed E-state index contributed by atoms with van der Waals surface area (Å²) >= 11 is 0. The fourth-order valence-corrected chi connectivity index (χ4v) is 5.53. The van der Waals surface area contributed by atoms with Crippen LogP contribution in [0.5, 0.6) is 0 Å². The molecule has 0 aliphatic carbocycles. The van der Waals surface area contributed by atoms with Crippen LogP contribution in [0, 0.1) is 13.8 Å². The number of hydrogen-bond donors (Lipinski definition) is 4. The molecule has 5 rings (SSSR count). The zero-order chi connectivity index (χ0) is 30.7. The van der Waals surface area contributed by atoms with Crippen molar-refractivity contribution in [3.63, 3.8) is 0 Å². The van der Waals surface area contributed by atoms with Crippen molar-refractivity contribution in [1.29, 1.82) is 0 Å². The third-order valence-electron chi connectivity index (χ3n) is 8.12. The lowest BCUT2D eigenvalue weighted by Gasteiger charge is -2.32. The molecule has 2 aliphatic rings. The number of carbonyl (C=O) groups is 3. The highest BCUT2D eigenvalue weighted by molar-refractivity contribution is 6.35. The summed E-state index contributed by atoms with van der Waals surface area (Å²) in [7, 11) is 6.06. The summed E-state index contributed by atoms with van der Waals surface area (Å²) in [6, 6.07) is 13.1. The standard InChI is InChI=1S/C33H41N7O3/c1-21-28(35-22(2)30(21)33(43)34-12-13-38(3)4)19-27-26-11-10-25(18-29(26)37-32(27)42)36-31(41)24-8-6-23(7-9-24)20-40-16-14-39(5)15-17-40/h6-11,18-19,35H,12-17,20H2,1-5H3,(H,34,43)(H,36,41)(H,37,42)/b27-19-. The molecular weight excluding hydrogens is 542 g/mol. The lowest BCUT2D eigenvalue weighted by molar-refractivity contribution is -0.110. The molecule has 2 aliphatic heterocycles. The number of anilines is 2. The third-order valence-corrected chi connectivity index (χ3v) is 8.12. The van der Waals surface area contributed by atoms with Gasteiger partial charge in [0.15, 0.2) is 0 Å². The van der Waals surface area contributed by atoms with E-state index >= 15 is 0 Å². The average molecular weight is 584 g/mol. The van der Waals surface area contributed by atoms with Crippen LogP contribution in [-0.4, -0.2) is 97.8 Å². The van der Waals surface area contributed by atoms with E-state index in [0.29, 0.717) is 40.3 Å². The van der Waals surface area contributed by atoms with Gasteiger partial charge in [0.1, 0.15) is 0 Å². The van der Waals surface area contributed by atoms with Gasteiger partial charge in [-0.15, -0.1) is 0 Å². The largest absolute Gasteiger partial charge is 0.358 e. The smallest absolute Gasteiger partial charge is 0.256 e. The number of H-pyrrole nitrogens is 1. The van der Waals surface area contributed by atoms with Crippen LogP contribution < -0.4 is 16.0 Å². The topological polar surface area (TPSA) is 113 Å². The van der Waals surface area contributed by atoms with Gasteiger partial charge >= 0.3 is 0 Å². The summed E-state index contributed by atoms with van der Waals surface area (Å²) in [6.45, 7) is 10.1. The van der Waals surface area contributed by atoms with E-state index in [0.717, 1.165) is 56.1 Å². The Morgan fingerprint density at radius 3 is 2.42 bits per heavy atom. The van der Waals surface area contributed by atoms with Gasteiger partial charge in [0, 0.05) is 74.0 Å². The van der Waals surface area contributed by atoms with Gasteiger partial charge in [-0.1, -0.05) is 18.2 Å². The van der Waals surface area contributed by atoms with Crippen molar-refractivity contribution in [2.75, 3.05) is 71.0 Å². The molecule has 0 atom stereocenters. The maximum absolute atomic E-state index is 13.0. The number of nitrogens with one attached hydrogen (secondary N) is 4. The predicted molar refractivity (Wildman–Crippen MR) is 171 cm³/mol. The number of hydrogen-bond acceptors (Lipinski definition) is 6. The van der Waals surface area contributed by atoms with Crippen LogP contribution >= 0.6 is 0 Å². The van der Waals surface area contributed by atoms with Gasteiger partial charge in [0.25, 0.3) is 17.7 Å². The van der Waals surface area contributed by atoms with E-state index in [-0.39, 0.29) is 17.7 Å². The molecule has 10 heteroatoms. The summed E-state index contributed by atoms with van der Waals surface area (Å²) in [4.78, 5) is 48.8. The minimum atomic E-state index is -0.238. The van der Waals surface area contributed by atoms with Gasteiger partial charge in [-0.05, 0) is 76.5 Å². The van der Waals surface area contributed by atoms with Gasteiger partial charge < -0.3 is 30.7 Å². The Morgan fingerprint density at radius 1 is 1.00 bits per heavy atom. The molecule has 1 aromatic heterocycles. The molecule has 226 valence electrons. The molecule has 0 spiro atoms. The molecule has 0 radical (unpaired) electrons. The SMILES string of the molecule is Cc1[nH]c(/C=C2\C(=O)Nc3cc(NC(=O)c4ccc(CN5CCN(C)CC5)cc4)ccc32)c(C)c1C(=O)NCCN(C)C. The van der Waals surface area contributed by atoms with Crippen molar-refractivity contribution < 1.29 is 14.4 Å². The minimum absolute atomic E-state index is 0.140. The van der Waals surface area contributed by atoms with Crippen molar-refractivity contribution >= 4 is 40.7 Å². The number of nitrogens with zero attached hydrogens (tertiary/aromatic N) is 3. The zero-order valence-electron chi connectivity index (χ0n) is 25.6. The molecule has 3 aromatic rings. The van der Waals surface area contributed by atoms with Crippen molar-refractivity contribution in [1.82, 2.24) is 25.0 Å². The summed E-state index contributed by atoms with van der Waals surface area (Å²) < 4.78 is 0. The van der Waals surface area contributed by atoms with Gasteiger partial charge in [0.2, 0.25) is 0 Å². The highest BCUT2D eigenvalue weighted by Crippen LogP contribution is 2.36. The first-order valence-electron chi connectivity index (χ1n) is 14.7. The summed E-state index contributed by atoms with van der Waals surface area (Å²) in [5.41, 5.74) is 7.04. The van der Waals surface area contributed by atoms with Crippen molar-refractivity contribution in [3.8, 4) is 0 Å². The highest BCUT2D eigenvalue weighted by Gasteiger charge is 2.26. The quantitative estimate of drug-likeness (QED) is 0.287. The number of piperazine rings is 1. The van der Waals surface area contributed by atoms with Gasteiger partial charge in [-0.3, -0.25) is 19.3 Å². The second-order valence-electron chi connectivity index (χ2n) is 11.7. The van der Waals surface area contributed by atoms with Crippen LogP contribution in [0.2, 0.25) is 0 Å². The second kappa shape index (κ2) is 12.9. The molecule has 4 N–H and O–H groups in total. The van der Waals surface area contributed by atoms with Crippen molar-refractivity contribution in [2.24, 2.45) is 0 Å². The van der Waals surface area contributed by atoms with E-state index in [1.54, 1.807) is 18.2 Å². The number of fused-ring (bicyclic) bond motifs is 1. The number of carbonyl (C=O) groups excluding carboxylic acids is 3. The highest BCUT2D eigenvalue weighted by atomic mass is 16.2. The van der Waals surface area contributed by atoms with Crippen LogP contribution in [0.1, 0.15) is 48.8 Å². The Balaban J connectivity index is 1.25. The molecule has 0 unspecified atom stereocenters. The van der Waals surface area contributed by atoms with E-state index in [4.69, 9.17) is 0 Å². The van der Waals surface area contributed by atoms with E-state index in [2.05, 4.69) is 37.8 Å². The summed E-state index contributed by atoms with van der Waals surface area (Å²) in [5.74, 6) is -0.586. The number of aromatic nitrogens is 1. The molecule has 1 saturated heterocycles. The van der Waals surface area contributed by atoms with E-state index in [1.165, 1.54) is 5.56 Å². The zero-order valence-corrected chi connectivity index (χ0v) is 25.6. The Kier molecular flexibility index (Phi) is 9.10. The first-order chi connectivity index (χ1) is 20.6.